The summed E-state index contributed by atoms with van der Waals surface area (Å²) in [7, 11) is 0. The molecule has 3 aliphatic rings. The number of pyridine rings is 1. The lowest BCUT2D eigenvalue weighted by Crippen LogP contribution is -2.38. The first-order chi connectivity index (χ1) is 17.5. The van der Waals surface area contributed by atoms with Gasteiger partial charge in [-0.1, -0.05) is 0 Å². The maximum Gasteiger partial charge on any atom is 0.280 e. The number of hydrogen-bond donors (Lipinski definition) is 3. The fourth-order valence-electron chi connectivity index (χ4n) is 5.35. The number of amides is 2. The summed E-state index contributed by atoms with van der Waals surface area (Å²) in [6.07, 6.45) is 4.42. The molecule has 3 N–H and O–H groups in total. The van der Waals surface area contributed by atoms with Crippen LogP contribution in [0.25, 0.3) is 10.4 Å². The number of alkyl halides is 2. The quantitative estimate of drug-likeness (QED) is 0.434. The Labute approximate surface area is 218 Å². The molecule has 2 aromatic rings. The Hall–Kier alpha value is -2.66. The normalized spacial score (nSPS) is 22.0. The van der Waals surface area contributed by atoms with Gasteiger partial charge >= 0.3 is 0 Å². The summed E-state index contributed by atoms with van der Waals surface area (Å²) < 4.78 is 28.6. The lowest BCUT2D eigenvalue weighted by molar-refractivity contribution is 0.0692. The molecule has 0 spiro atoms. The number of nitrogens with zero attached hydrogens (tertiary/aromatic N) is 3. The number of thiazole rings is 1. The zero-order chi connectivity index (χ0) is 26.5. The van der Waals surface area contributed by atoms with Crippen molar-refractivity contribution in [3.05, 3.63) is 28.5 Å². The molecule has 200 valence electrons. The topological polar surface area (TPSA) is 107 Å². The first-order valence-electron chi connectivity index (χ1n) is 12.9. The molecule has 0 unspecified atom stereocenters. The first-order valence-corrected chi connectivity index (χ1v) is 13.7. The lowest BCUT2D eigenvalue weighted by atomic mass is 10.0. The third-order valence-corrected chi connectivity index (χ3v) is 8.60. The van der Waals surface area contributed by atoms with Crippen molar-refractivity contribution in [2.45, 2.75) is 89.4 Å². The van der Waals surface area contributed by atoms with Crippen LogP contribution in [0.5, 0.6) is 0 Å². The van der Waals surface area contributed by atoms with E-state index < -0.39 is 17.9 Å². The molecule has 0 aromatic carbocycles. The molecule has 2 saturated heterocycles. The van der Waals surface area contributed by atoms with E-state index in [0.717, 1.165) is 49.9 Å². The minimum atomic E-state index is -2.81. The highest BCUT2D eigenvalue weighted by Gasteiger charge is 2.44. The maximum atomic E-state index is 14.3. The summed E-state index contributed by atoms with van der Waals surface area (Å²) >= 11 is 0.901. The van der Waals surface area contributed by atoms with Crippen LogP contribution < -0.4 is 10.6 Å². The Bertz CT molecular complexity index is 1170. The van der Waals surface area contributed by atoms with Crippen LogP contribution in [0, 0.1) is 5.92 Å². The van der Waals surface area contributed by atoms with Crippen LogP contribution in [-0.2, 0) is 0 Å². The monoisotopic (exact) mass is 533 g/mol. The summed E-state index contributed by atoms with van der Waals surface area (Å²) in [5.74, 6) is -0.0259. The van der Waals surface area contributed by atoms with E-state index in [4.69, 9.17) is 0 Å². The highest BCUT2D eigenvalue weighted by molar-refractivity contribution is 7.17. The molecular weight excluding hydrogens is 500 g/mol. The molecule has 5 rings (SSSR count). The number of anilines is 1. The second kappa shape index (κ2) is 9.90. The molecular formula is C26H33F2N5O3S. The standard InChI is InChI=1S/C26H33F2N5O3S/c1-13(14-4-5-14)31-19-10-17(22(27)28)18(11-29-19)21-20(25(35)33-15-6-7-16(33)9-8-15)32-24(37-21)23(34)30-12-26(2,3)36/h10-11,13-16,22,36H,4-9,12H2,1-3H3,(H,29,31)(H,30,34)/t13-,15-,16+/m0/s1. The number of nitrogens with one attached hydrogen (secondary N) is 2. The zero-order valence-electron chi connectivity index (χ0n) is 21.3. The molecule has 1 aliphatic carbocycles. The van der Waals surface area contributed by atoms with E-state index in [-0.39, 0.29) is 57.3 Å². The van der Waals surface area contributed by atoms with Crippen molar-refractivity contribution >= 4 is 29.0 Å². The Morgan fingerprint density at radius 3 is 2.41 bits per heavy atom. The van der Waals surface area contributed by atoms with Crippen LogP contribution in [0.2, 0.25) is 0 Å². The average Bonchev–Trinajstić information content (AvgIpc) is 3.32. The van der Waals surface area contributed by atoms with E-state index >= 15 is 0 Å². The smallest absolute Gasteiger partial charge is 0.280 e. The molecule has 2 bridgehead atoms. The molecule has 11 heteroatoms. The number of halogens is 2. The molecule has 3 fully saturated rings. The number of fused-ring (bicyclic) bond motifs is 2. The number of carbonyl (C=O) groups is 2. The fourth-order valence-corrected chi connectivity index (χ4v) is 6.36. The van der Waals surface area contributed by atoms with Crippen LogP contribution in [-0.4, -0.2) is 62.1 Å². The minimum absolute atomic E-state index is 0.00738. The number of carbonyl (C=O) groups excluding carboxylic acids is 2. The molecule has 1 saturated carbocycles. The lowest BCUT2D eigenvalue weighted by Gasteiger charge is -2.22. The average molecular weight is 534 g/mol. The third-order valence-electron chi connectivity index (χ3n) is 7.51. The Morgan fingerprint density at radius 1 is 1.19 bits per heavy atom. The van der Waals surface area contributed by atoms with E-state index in [0.29, 0.717) is 11.7 Å². The maximum absolute atomic E-state index is 14.3. The van der Waals surface area contributed by atoms with Gasteiger partial charge in [-0.25, -0.2) is 18.7 Å². The van der Waals surface area contributed by atoms with Crippen molar-refractivity contribution in [1.29, 1.82) is 0 Å². The SMILES string of the molecule is C[C@H](Nc1cc(C(F)F)c(-c2sc(C(=O)NCC(C)(C)O)nc2C(=O)N2[C@H]3CC[C@@H]2CC3)cn1)C1CC1. The van der Waals surface area contributed by atoms with Gasteiger partial charge in [0, 0.05) is 42.0 Å². The fraction of sp³-hybridized carbons (Fsp3) is 0.615. The van der Waals surface area contributed by atoms with Crippen molar-refractivity contribution in [2.75, 3.05) is 11.9 Å². The zero-order valence-corrected chi connectivity index (χ0v) is 22.1. The van der Waals surface area contributed by atoms with E-state index in [1.807, 2.05) is 11.8 Å². The summed E-state index contributed by atoms with van der Waals surface area (Å²) in [5, 5.41) is 15.8. The predicted octanol–water partition coefficient (Wildman–Crippen LogP) is 4.62. The van der Waals surface area contributed by atoms with Crippen molar-refractivity contribution in [3.8, 4) is 10.4 Å². The van der Waals surface area contributed by atoms with Gasteiger partial charge in [0.1, 0.15) is 11.5 Å². The van der Waals surface area contributed by atoms with E-state index in [1.165, 1.54) is 12.3 Å². The van der Waals surface area contributed by atoms with Gasteiger partial charge in [0.15, 0.2) is 5.01 Å². The Morgan fingerprint density at radius 2 is 1.84 bits per heavy atom. The van der Waals surface area contributed by atoms with E-state index in [1.54, 1.807) is 13.8 Å². The van der Waals surface area contributed by atoms with Gasteiger partial charge in [-0.15, -0.1) is 11.3 Å². The van der Waals surface area contributed by atoms with Gasteiger partial charge in [0.05, 0.1) is 10.5 Å². The van der Waals surface area contributed by atoms with Gasteiger partial charge < -0.3 is 20.6 Å². The van der Waals surface area contributed by atoms with Crippen molar-refractivity contribution in [1.82, 2.24) is 20.2 Å². The van der Waals surface area contributed by atoms with Crippen LogP contribution in [0.15, 0.2) is 12.3 Å². The Kier molecular flexibility index (Phi) is 6.95. The van der Waals surface area contributed by atoms with E-state index in [2.05, 4.69) is 20.6 Å². The predicted molar refractivity (Wildman–Crippen MR) is 137 cm³/mol. The number of aliphatic hydroxyl groups is 1. The van der Waals surface area contributed by atoms with Crippen LogP contribution in [0.4, 0.5) is 14.6 Å². The first kappa shape index (κ1) is 26.0. The molecule has 1 atom stereocenters. The van der Waals surface area contributed by atoms with Crippen molar-refractivity contribution in [3.63, 3.8) is 0 Å². The second-order valence-corrected chi connectivity index (χ2v) is 12.1. The van der Waals surface area contributed by atoms with Crippen LogP contribution in [0.1, 0.15) is 91.6 Å². The molecule has 2 aliphatic heterocycles. The molecule has 0 radical (unpaired) electrons. The summed E-state index contributed by atoms with van der Waals surface area (Å²) in [5.41, 5.74) is -1.29. The van der Waals surface area contributed by atoms with Gasteiger partial charge in [-0.05, 0) is 71.3 Å². The van der Waals surface area contributed by atoms with Gasteiger partial charge in [-0.3, -0.25) is 9.59 Å². The molecule has 4 heterocycles. The van der Waals surface area contributed by atoms with Gasteiger partial charge in [0.2, 0.25) is 0 Å². The van der Waals surface area contributed by atoms with Crippen LogP contribution in [0.3, 0.4) is 0 Å². The molecule has 2 aromatic heterocycles. The van der Waals surface area contributed by atoms with Gasteiger partial charge in [0.25, 0.3) is 18.2 Å². The minimum Gasteiger partial charge on any atom is -0.389 e. The number of rotatable bonds is 9. The number of hydrogen-bond acceptors (Lipinski definition) is 7. The van der Waals surface area contributed by atoms with Crippen LogP contribution >= 0.6 is 11.3 Å². The highest BCUT2D eigenvalue weighted by atomic mass is 32.1. The molecule has 2 amide bonds. The highest BCUT2D eigenvalue weighted by Crippen LogP contribution is 2.42. The third kappa shape index (κ3) is 5.47. The largest absolute Gasteiger partial charge is 0.389 e. The van der Waals surface area contributed by atoms with Gasteiger partial charge in [-0.2, -0.15) is 0 Å². The second-order valence-electron chi connectivity index (χ2n) is 11.1. The number of aromatic nitrogens is 2. The van der Waals surface area contributed by atoms with E-state index in [9.17, 15) is 23.5 Å². The summed E-state index contributed by atoms with van der Waals surface area (Å²) in [6.45, 7) is 5.10. The molecule has 8 nitrogen and oxygen atoms in total. The summed E-state index contributed by atoms with van der Waals surface area (Å²) in [4.78, 5) is 37.4. The van der Waals surface area contributed by atoms with Crippen molar-refractivity contribution < 1.29 is 23.5 Å². The van der Waals surface area contributed by atoms with Crippen molar-refractivity contribution in [2.24, 2.45) is 5.92 Å². The Balaban J connectivity index is 1.52. The summed E-state index contributed by atoms with van der Waals surface area (Å²) in [6, 6.07) is 1.69. The molecule has 37 heavy (non-hydrogen) atoms.